The van der Waals surface area contributed by atoms with Crippen LogP contribution in [-0.2, 0) is 0 Å². The van der Waals surface area contributed by atoms with Gasteiger partial charge in [0.1, 0.15) is 6.17 Å². The topological polar surface area (TPSA) is 61.4 Å². The fourth-order valence-electron chi connectivity index (χ4n) is 5.06. The number of benzene rings is 4. The van der Waals surface area contributed by atoms with Crippen molar-refractivity contribution in [2.24, 2.45) is 0 Å². The molecule has 37 heavy (non-hydrogen) atoms. The second kappa shape index (κ2) is 11.1. The summed E-state index contributed by atoms with van der Waals surface area (Å²) in [4.78, 5) is 27.4. The molecule has 5 heteroatoms. The first-order chi connectivity index (χ1) is 18.2. The highest BCUT2D eigenvalue weighted by molar-refractivity contribution is 5.99. The minimum Gasteiger partial charge on any atom is -0.361 e. The van der Waals surface area contributed by atoms with Crippen LogP contribution in [0.5, 0.6) is 0 Å². The summed E-state index contributed by atoms with van der Waals surface area (Å²) in [6, 6.07) is 36.0. The molecule has 4 aromatic rings. The molecule has 0 bridgehead atoms. The lowest BCUT2D eigenvalue weighted by molar-refractivity contribution is 0.0753. The molecule has 2 amide bonds. The Hall–Kier alpha value is -4.38. The van der Waals surface area contributed by atoms with Crippen molar-refractivity contribution < 1.29 is 9.59 Å². The zero-order valence-corrected chi connectivity index (χ0v) is 20.9. The minimum absolute atomic E-state index is 0.0379. The number of carbonyl (C=O) groups is 2. The van der Waals surface area contributed by atoms with Crippen molar-refractivity contribution in [1.29, 1.82) is 0 Å². The van der Waals surface area contributed by atoms with Gasteiger partial charge in [-0.15, -0.1) is 0 Å². The number of hydrogen-bond acceptors (Lipinski definition) is 3. The molecule has 1 unspecified atom stereocenters. The van der Waals surface area contributed by atoms with E-state index < -0.39 is 0 Å². The average Bonchev–Trinajstić information content (AvgIpc) is 3.22. The predicted octanol–water partition coefficient (Wildman–Crippen LogP) is 6.23. The Labute approximate surface area is 218 Å². The predicted molar refractivity (Wildman–Crippen MR) is 148 cm³/mol. The third-order valence-electron chi connectivity index (χ3n) is 6.97. The van der Waals surface area contributed by atoms with Crippen molar-refractivity contribution in [2.75, 3.05) is 18.4 Å². The van der Waals surface area contributed by atoms with Gasteiger partial charge < -0.3 is 15.5 Å². The molecule has 0 radical (unpaired) electrons. The number of nitrogens with zero attached hydrogens (tertiary/aromatic N) is 1. The summed E-state index contributed by atoms with van der Waals surface area (Å²) < 4.78 is 0. The summed E-state index contributed by atoms with van der Waals surface area (Å²) in [7, 11) is 0. The third kappa shape index (κ3) is 5.26. The number of nitrogens with one attached hydrogen (secondary N) is 2. The van der Waals surface area contributed by atoms with Gasteiger partial charge in [-0.3, -0.25) is 9.59 Å². The highest BCUT2D eigenvalue weighted by Gasteiger charge is 2.35. The van der Waals surface area contributed by atoms with Gasteiger partial charge in [-0.25, -0.2) is 0 Å². The fourth-order valence-corrected chi connectivity index (χ4v) is 5.06. The first kappa shape index (κ1) is 24.3. The zero-order chi connectivity index (χ0) is 25.6. The van der Waals surface area contributed by atoms with Crippen molar-refractivity contribution in [1.82, 2.24) is 10.2 Å². The monoisotopic (exact) mass is 489 g/mol. The van der Waals surface area contributed by atoms with Crippen molar-refractivity contribution in [2.45, 2.75) is 25.4 Å². The summed E-state index contributed by atoms with van der Waals surface area (Å²) in [6.45, 7) is 3.16. The molecule has 5 nitrogen and oxygen atoms in total. The Bertz CT molecular complexity index is 1310. The molecule has 186 valence electrons. The molecule has 1 atom stereocenters. The molecule has 0 aromatic heterocycles. The molecule has 2 N–H and O–H groups in total. The summed E-state index contributed by atoms with van der Waals surface area (Å²) in [5.74, 6) is 0.159. The Morgan fingerprint density at radius 3 is 2.03 bits per heavy atom. The molecule has 1 aliphatic heterocycles. The van der Waals surface area contributed by atoms with E-state index in [1.165, 1.54) is 11.1 Å². The second-order valence-corrected chi connectivity index (χ2v) is 9.22. The molecule has 0 spiro atoms. The average molecular weight is 490 g/mol. The Kier molecular flexibility index (Phi) is 7.31. The molecule has 4 aromatic carbocycles. The maximum atomic E-state index is 12.9. The molecular formula is C32H31N3O2. The zero-order valence-electron chi connectivity index (χ0n) is 20.9. The van der Waals surface area contributed by atoms with E-state index in [1.54, 1.807) is 0 Å². The Morgan fingerprint density at radius 2 is 1.41 bits per heavy atom. The van der Waals surface area contributed by atoms with Gasteiger partial charge in [-0.1, -0.05) is 78.9 Å². The van der Waals surface area contributed by atoms with Gasteiger partial charge in [0, 0.05) is 41.4 Å². The maximum absolute atomic E-state index is 12.9. The van der Waals surface area contributed by atoms with Crippen LogP contribution in [0.1, 0.15) is 62.8 Å². The third-order valence-corrected chi connectivity index (χ3v) is 6.97. The highest BCUT2D eigenvalue weighted by atomic mass is 16.2. The standard InChI is InChI=1S/C32H31N3O2/c1-2-35-30(28-15-9-10-16-29(28)32(35)37)34-26-19-17-25(18-20-26)31(36)33-22-21-27(23-11-5-3-6-12-23)24-13-7-4-8-14-24/h3-20,27,30,34H,2,21-22H2,1H3,(H,33,36). The first-order valence-corrected chi connectivity index (χ1v) is 12.8. The molecule has 0 saturated heterocycles. The lowest BCUT2D eigenvalue weighted by Crippen LogP contribution is -2.32. The van der Waals surface area contributed by atoms with E-state index in [0.29, 0.717) is 18.7 Å². The van der Waals surface area contributed by atoms with Crippen molar-refractivity contribution in [3.63, 3.8) is 0 Å². The molecular weight excluding hydrogens is 458 g/mol. The van der Waals surface area contributed by atoms with Gasteiger partial charge in [0.25, 0.3) is 11.8 Å². The Morgan fingerprint density at radius 1 is 0.811 bits per heavy atom. The molecule has 0 saturated carbocycles. The number of anilines is 1. The van der Waals surface area contributed by atoms with Gasteiger partial charge in [-0.2, -0.15) is 0 Å². The maximum Gasteiger partial charge on any atom is 0.256 e. The summed E-state index contributed by atoms with van der Waals surface area (Å²) in [5, 5.41) is 6.55. The molecule has 0 fully saturated rings. The van der Waals surface area contributed by atoms with Crippen molar-refractivity contribution in [3.8, 4) is 0 Å². The van der Waals surface area contributed by atoms with E-state index in [4.69, 9.17) is 0 Å². The fraction of sp³-hybridized carbons (Fsp3) is 0.188. The van der Waals surface area contributed by atoms with E-state index in [-0.39, 0.29) is 23.9 Å². The summed E-state index contributed by atoms with van der Waals surface area (Å²) >= 11 is 0. The lowest BCUT2D eigenvalue weighted by atomic mass is 9.88. The molecule has 0 aliphatic carbocycles. The Balaban J connectivity index is 1.22. The highest BCUT2D eigenvalue weighted by Crippen LogP contribution is 2.34. The van der Waals surface area contributed by atoms with E-state index in [9.17, 15) is 9.59 Å². The summed E-state index contributed by atoms with van der Waals surface area (Å²) in [5.41, 5.74) is 5.66. The van der Waals surface area contributed by atoms with E-state index >= 15 is 0 Å². The SMILES string of the molecule is CCN1C(=O)c2ccccc2C1Nc1ccc(C(=O)NCCC(c2ccccc2)c2ccccc2)cc1. The van der Waals surface area contributed by atoms with Crippen molar-refractivity contribution >= 4 is 17.5 Å². The van der Waals surface area contributed by atoms with Gasteiger partial charge in [0.05, 0.1) is 0 Å². The second-order valence-electron chi connectivity index (χ2n) is 9.22. The van der Waals surface area contributed by atoms with E-state index in [1.807, 2.05) is 72.5 Å². The van der Waals surface area contributed by atoms with Crippen LogP contribution in [0.15, 0.2) is 109 Å². The van der Waals surface area contributed by atoms with Gasteiger partial charge in [0.15, 0.2) is 0 Å². The van der Waals surface area contributed by atoms with Crippen LogP contribution in [0.4, 0.5) is 5.69 Å². The number of amides is 2. The molecule has 1 aliphatic rings. The molecule has 5 rings (SSSR count). The largest absolute Gasteiger partial charge is 0.361 e. The van der Waals surface area contributed by atoms with Gasteiger partial charge in [-0.05, 0) is 54.8 Å². The number of carbonyl (C=O) groups excluding carboxylic acids is 2. The van der Waals surface area contributed by atoms with Crippen LogP contribution in [0, 0.1) is 0 Å². The normalized spacial score (nSPS) is 14.5. The first-order valence-electron chi connectivity index (χ1n) is 12.8. The number of fused-ring (bicyclic) bond motifs is 1. The van der Waals surface area contributed by atoms with Crippen LogP contribution in [-0.4, -0.2) is 29.8 Å². The summed E-state index contributed by atoms with van der Waals surface area (Å²) in [6.07, 6.45) is 0.586. The van der Waals surface area contributed by atoms with Crippen LogP contribution < -0.4 is 10.6 Å². The van der Waals surface area contributed by atoms with Crippen LogP contribution >= 0.6 is 0 Å². The lowest BCUT2D eigenvalue weighted by Gasteiger charge is -2.26. The quantitative estimate of drug-likeness (QED) is 0.293. The van der Waals surface area contributed by atoms with Crippen LogP contribution in [0.3, 0.4) is 0 Å². The smallest absolute Gasteiger partial charge is 0.256 e. The van der Waals surface area contributed by atoms with Crippen molar-refractivity contribution in [3.05, 3.63) is 137 Å². The van der Waals surface area contributed by atoms with Gasteiger partial charge in [0.2, 0.25) is 0 Å². The van der Waals surface area contributed by atoms with Gasteiger partial charge >= 0.3 is 0 Å². The number of rotatable bonds is 9. The minimum atomic E-state index is -0.221. The van der Waals surface area contributed by atoms with Crippen LogP contribution in [0.25, 0.3) is 0 Å². The van der Waals surface area contributed by atoms with Crippen LogP contribution in [0.2, 0.25) is 0 Å². The van der Waals surface area contributed by atoms with E-state index in [2.05, 4.69) is 59.2 Å². The number of hydrogen-bond donors (Lipinski definition) is 2. The molecule has 1 heterocycles. The van der Waals surface area contributed by atoms with E-state index in [0.717, 1.165) is 23.2 Å².